The van der Waals surface area contributed by atoms with Gasteiger partial charge in [0, 0.05) is 26.7 Å². The van der Waals surface area contributed by atoms with Crippen molar-refractivity contribution in [3.05, 3.63) is 0 Å². The molecule has 0 bridgehead atoms. The average Bonchev–Trinajstić information content (AvgIpc) is 2.13. The number of nitrogens with zero attached hydrogens (tertiary/aromatic N) is 2. The Morgan fingerprint density at radius 2 is 2.00 bits per heavy atom. The molecule has 90 valence electrons. The molecule has 15 heavy (non-hydrogen) atoms. The zero-order valence-corrected chi connectivity index (χ0v) is 10.1. The van der Waals surface area contributed by atoms with Gasteiger partial charge in [0.2, 0.25) is 0 Å². The van der Waals surface area contributed by atoms with Crippen molar-refractivity contribution in [1.82, 2.24) is 9.80 Å². The van der Waals surface area contributed by atoms with E-state index in [4.69, 9.17) is 9.84 Å². The minimum absolute atomic E-state index is 0.0616. The number of ether oxygens (including phenoxy) is 1. The van der Waals surface area contributed by atoms with Crippen LogP contribution in [0.1, 0.15) is 6.92 Å². The molecule has 0 heterocycles. The van der Waals surface area contributed by atoms with E-state index in [1.54, 1.807) is 7.11 Å². The third-order valence-electron chi connectivity index (χ3n) is 2.14. The maximum Gasteiger partial charge on any atom is 0.317 e. The Bertz CT molecular complexity index is 186. The Morgan fingerprint density at radius 1 is 1.40 bits per heavy atom. The molecule has 0 aliphatic heterocycles. The molecule has 0 aliphatic rings. The lowest BCUT2D eigenvalue weighted by Crippen LogP contribution is -2.40. The van der Waals surface area contributed by atoms with Crippen molar-refractivity contribution in [1.29, 1.82) is 0 Å². The van der Waals surface area contributed by atoms with Crippen LogP contribution in [0.3, 0.4) is 0 Å². The second-order valence-corrected chi connectivity index (χ2v) is 3.98. The van der Waals surface area contributed by atoms with Crippen molar-refractivity contribution >= 4 is 5.97 Å². The van der Waals surface area contributed by atoms with Crippen LogP contribution in [-0.4, -0.2) is 74.4 Å². The third kappa shape index (κ3) is 8.35. The molecule has 0 saturated carbocycles. The van der Waals surface area contributed by atoms with Crippen LogP contribution in [0.25, 0.3) is 0 Å². The molecule has 0 spiro atoms. The lowest BCUT2D eigenvalue weighted by Gasteiger charge is -2.24. The fourth-order valence-electron chi connectivity index (χ4n) is 1.21. The fourth-order valence-corrected chi connectivity index (χ4v) is 1.21. The van der Waals surface area contributed by atoms with E-state index in [-0.39, 0.29) is 12.6 Å². The molecule has 1 unspecified atom stereocenters. The lowest BCUT2D eigenvalue weighted by atomic mass is 10.3. The molecular formula is C10H22N2O3. The van der Waals surface area contributed by atoms with Crippen molar-refractivity contribution in [3.8, 4) is 0 Å². The normalized spacial score (nSPS) is 13.5. The van der Waals surface area contributed by atoms with E-state index < -0.39 is 5.97 Å². The van der Waals surface area contributed by atoms with E-state index in [2.05, 4.69) is 0 Å². The number of likely N-dealkylation sites (N-methyl/N-ethyl adjacent to an activating group) is 1. The number of carboxylic acids is 1. The molecule has 0 amide bonds. The number of carbonyl (C=O) groups is 1. The summed E-state index contributed by atoms with van der Waals surface area (Å²) in [5, 5.41) is 8.74. The average molecular weight is 218 g/mol. The van der Waals surface area contributed by atoms with Gasteiger partial charge in [-0.2, -0.15) is 0 Å². The largest absolute Gasteiger partial charge is 0.480 e. The Morgan fingerprint density at radius 3 is 2.40 bits per heavy atom. The Hall–Kier alpha value is -0.650. The molecule has 0 saturated heterocycles. The number of aliphatic carboxylic acids is 1. The summed E-state index contributed by atoms with van der Waals surface area (Å²) >= 11 is 0. The topological polar surface area (TPSA) is 53.0 Å². The van der Waals surface area contributed by atoms with Gasteiger partial charge in [-0.15, -0.1) is 0 Å². The van der Waals surface area contributed by atoms with Gasteiger partial charge in [0.1, 0.15) is 0 Å². The predicted molar refractivity (Wildman–Crippen MR) is 59.1 cm³/mol. The van der Waals surface area contributed by atoms with Gasteiger partial charge in [0.05, 0.1) is 12.6 Å². The summed E-state index contributed by atoms with van der Waals surface area (Å²) in [4.78, 5) is 14.5. The van der Waals surface area contributed by atoms with Gasteiger partial charge in [-0.05, 0) is 21.0 Å². The molecule has 0 aliphatic carbocycles. The lowest BCUT2D eigenvalue weighted by molar-refractivity contribution is -0.138. The zero-order valence-electron chi connectivity index (χ0n) is 10.1. The molecule has 5 nitrogen and oxygen atoms in total. The van der Waals surface area contributed by atoms with Crippen LogP contribution >= 0.6 is 0 Å². The fraction of sp³-hybridized carbons (Fsp3) is 0.900. The van der Waals surface area contributed by atoms with Crippen molar-refractivity contribution < 1.29 is 14.6 Å². The summed E-state index contributed by atoms with van der Waals surface area (Å²) in [6.07, 6.45) is 0.0616. The van der Waals surface area contributed by atoms with E-state index in [1.165, 1.54) is 0 Å². The number of hydrogen-bond donors (Lipinski definition) is 1. The van der Waals surface area contributed by atoms with E-state index in [0.717, 1.165) is 13.1 Å². The molecule has 0 aromatic carbocycles. The monoisotopic (exact) mass is 218 g/mol. The minimum Gasteiger partial charge on any atom is -0.480 e. The summed E-state index contributed by atoms with van der Waals surface area (Å²) < 4.78 is 5.12. The maximum absolute atomic E-state index is 10.6. The quantitative estimate of drug-likeness (QED) is 0.620. The molecule has 0 fully saturated rings. The van der Waals surface area contributed by atoms with Gasteiger partial charge in [0.15, 0.2) is 0 Å². The van der Waals surface area contributed by atoms with Crippen LogP contribution in [0.5, 0.6) is 0 Å². The minimum atomic E-state index is -0.794. The summed E-state index contributed by atoms with van der Waals surface area (Å²) in [5.74, 6) is -0.794. The van der Waals surface area contributed by atoms with Crippen molar-refractivity contribution in [2.75, 3.05) is 47.4 Å². The summed E-state index contributed by atoms with van der Waals surface area (Å²) in [5.41, 5.74) is 0. The van der Waals surface area contributed by atoms with Crippen LogP contribution < -0.4 is 0 Å². The Labute approximate surface area is 91.6 Å². The Balaban J connectivity index is 4.00. The Kier molecular flexibility index (Phi) is 7.29. The number of methoxy groups -OCH3 is 1. The third-order valence-corrected chi connectivity index (χ3v) is 2.14. The number of carboxylic acid groups (broad SMARTS) is 1. The second-order valence-electron chi connectivity index (χ2n) is 3.98. The highest BCUT2D eigenvalue weighted by Crippen LogP contribution is 1.96. The first-order chi connectivity index (χ1) is 6.95. The van der Waals surface area contributed by atoms with Gasteiger partial charge in [-0.1, -0.05) is 0 Å². The molecule has 0 aromatic heterocycles. The summed E-state index contributed by atoms with van der Waals surface area (Å²) in [6, 6.07) is 0. The van der Waals surface area contributed by atoms with Crippen LogP contribution in [0.4, 0.5) is 0 Å². The van der Waals surface area contributed by atoms with Gasteiger partial charge in [-0.25, -0.2) is 0 Å². The first-order valence-electron chi connectivity index (χ1n) is 5.07. The maximum atomic E-state index is 10.6. The second kappa shape index (κ2) is 7.62. The van der Waals surface area contributed by atoms with Gasteiger partial charge < -0.3 is 14.7 Å². The van der Waals surface area contributed by atoms with E-state index >= 15 is 0 Å². The van der Waals surface area contributed by atoms with E-state index in [9.17, 15) is 4.79 Å². The molecule has 0 aromatic rings. The van der Waals surface area contributed by atoms with Gasteiger partial charge in [0.25, 0.3) is 0 Å². The van der Waals surface area contributed by atoms with Crippen LogP contribution in [0, 0.1) is 0 Å². The number of rotatable bonds is 8. The first-order valence-corrected chi connectivity index (χ1v) is 5.07. The van der Waals surface area contributed by atoms with Gasteiger partial charge >= 0.3 is 5.97 Å². The molecule has 0 radical (unpaired) electrons. The zero-order chi connectivity index (χ0) is 11.8. The van der Waals surface area contributed by atoms with Crippen molar-refractivity contribution in [2.45, 2.75) is 13.0 Å². The highest BCUT2D eigenvalue weighted by molar-refractivity contribution is 5.69. The molecule has 0 rings (SSSR count). The van der Waals surface area contributed by atoms with Crippen LogP contribution in [-0.2, 0) is 9.53 Å². The molecular weight excluding hydrogens is 196 g/mol. The van der Waals surface area contributed by atoms with E-state index in [1.807, 2.05) is 30.8 Å². The highest BCUT2D eigenvalue weighted by atomic mass is 16.5. The van der Waals surface area contributed by atoms with Crippen LogP contribution in [0.2, 0.25) is 0 Å². The number of hydrogen-bond acceptors (Lipinski definition) is 4. The van der Waals surface area contributed by atoms with Gasteiger partial charge in [-0.3, -0.25) is 9.69 Å². The summed E-state index contributed by atoms with van der Waals surface area (Å²) in [7, 11) is 5.58. The van der Waals surface area contributed by atoms with Crippen molar-refractivity contribution in [2.24, 2.45) is 0 Å². The van der Waals surface area contributed by atoms with E-state index in [0.29, 0.717) is 6.54 Å². The predicted octanol–water partition coefficient (Wildman–Crippen LogP) is -0.0305. The molecule has 1 N–H and O–H groups in total. The highest BCUT2D eigenvalue weighted by Gasteiger charge is 2.12. The van der Waals surface area contributed by atoms with Crippen molar-refractivity contribution in [3.63, 3.8) is 0 Å². The van der Waals surface area contributed by atoms with Crippen LogP contribution in [0.15, 0.2) is 0 Å². The standard InChI is InChI=1S/C10H22N2O3/c1-9(15-4)7-12(8-10(13)14)6-5-11(2)3/h9H,5-8H2,1-4H3,(H,13,14). The summed E-state index contributed by atoms with van der Waals surface area (Å²) in [6.45, 7) is 4.25. The molecule has 5 heteroatoms. The smallest absolute Gasteiger partial charge is 0.317 e. The first kappa shape index (κ1) is 14.3. The molecule has 1 atom stereocenters. The SMILES string of the molecule is COC(C)CN(CCN(C)C)CC(=O)O.